The summed E-state index contributed by atoms with van der Waals surface area (Å²) < 4.78 is 7.96. The molecule has 3 rings (SSSR count). The molecule has 130 valence electrons. The van der Waals surface area contributed by atoms with Crippen LogP contribution in [0.1, 0.15) is 23.5 Å². The quantitative estimate of drug-likeness (QED) is 0.710. The molecule has 1 aromatic heterocycles. The van der Waals surface area contributed by atoms with Gasteiger partial charge in [0.05, 0.1) is 24.3 Å². The van der Waals surface area contributed by atoms with Gasteiger partial charge < -0.3 is 4.74 Å². The predicted molar refractivity (Wildman–Crippen MR) is 96.6 cm³/mol. The van der Waals surface area contributed by atoms with E-state index in [1.165, 1.54) is 25.8 Å². The van der Waals surface area contributed by atoms with Gasteiger partial charge in [0.1, 0.15) is 5.82 Å². The van der Waals surface area contributed by atoms with Gasteiger partial charge in [-0.1, -0.05) is 34.1 Å². The summed E-state index contributed by atoms with van der Waals surface area (Å²) in [4.78, 5) is 41.7. The average Bonchev–Trinajstić information content (AvgIpc) is 2.63. The summed E-state index contributed by atoms with van der Waals surface area (Å²) in [5, 5.41) is 0. The molecule has 0 radical (unpaired) electrons. The van der Waals surface area contributed by atoms with Crippen LogP contribution >= 0.6 is 15.9 Å². The van der Waals surface area contributed by atoms with Crippen molar-refractivity contribution < 1.29 is 9.53 Å². The maximum absolute atomic E-state index is 12.6. The highest BCUT2D eigenvalue weighted by molar-refractivity contribution is 9.10. The lowest BCUT2D eigenvalue weighted by Crippen LogP contribution is -2.42. The Morgan fingerprint density at radius 2 is 1.92 bits per heavy atom. The van der Waals surface area contributed by atoms with Crippen molar-refractivity contribution in [3.63, 3.8) is 0 Å². The van der Waals surface area contributed by atoms with Gasteiger partial charge in [-0.2, -0.15) is 0 Å². The Morgan fingerprint density at radius 3 is 2.56 bits per heavy atom. The van der Waals surface area contributed by atoms with E-state index in [0.717, 1.165) is 14.6 Å². The van der Waals surface area contributed by atoms with Crippen LogP contribution in [0.5, 0.6) is 0 Å². The molecule has 0 fully saturated rings. The highest BCUT2D eigenvalue weighted by atomic mass is 79.9. The number of benzene rings is 1. The second kappa shape index (κ2) is 6.44. The van der Waals surface area contributed by atoms with E-state index < -0.39 is 23.1 Å². The van der Waals surface area contributed by atoms with E-state index in [2.05, 4.69) is 20.9 Å². The number of esters is 1. The number of aliphatic imine (C=N–C) groups is 1. The van der Waals surface area contributed by atoms with E-state index in [0.29, 0.717) is 5.71 Å². The van der Waals surface area contributed by atoms with Crippen LogP contribution in [-0.4, -0.2) is 27.9 Å². The molecule has 0 spiro atoms. The third kappa shape index (κ3) is 2.76. The third-order valence-electron chi connectivity index (χ3n) is 4.32. The summed E-state index contributed by atoms with van der Waals surface area (Å²) in [7, 11) is 4.19. The number of halogens is 1. The number of hydrogen-bond acceptors (Lipinski definition) is 5. The maximum Gasteiger partial charge on any atom is 0.332 e. The van der Waals surface area contributed by atoms with E-state index >= 15 is 0 Å². The second-order valence-corrected chi connectivity index (χ2v) is 6.62. The van der Waals surface area contributed by atoms with Crippen LogP contribution < -0.4 is 11.2 Å². The number of methoxy groups -OCH3 is 1. The molecule has 0 aliphatic carbocycles. The number of fused-ring (bicyclic) bond motifs is 1. The monoisotopic (exact) mass is 405 g/mol. The van der Waals surface area contributed by atoms with Crippen LogP contribution in [0.25, 0.3) is 0 Å². The largest absolute Gasteiger partial charge is 0.469 e. The van der Waals surface area contributed by atoms with Gasteiger partial charge in [0.25, 0.3) is 5.56 Å². The molecule has 0 saturated heterocycles. The Hall–Kier alpha value is -2.48. The van der Waals surface area contributed by atoms with E-state index in [1.54, 1.807) is 0 Å². The Labute approximate surface area is 151 Å². The smallest absolute Gasteiger partial charge is 0.332 e. The molecule has 0 bridgehead atoms. The average molecular weight is 406 g/mol. The fourth-order valence-electron chi connectivity index (χ4n) is 2.98. The zero-order valence-electron chi connectivity index (χ0n) is 13.9. The summed E-state index contributed by atoms with van der Waals surface area (Å²) in [6.45, 7) is 0. The molecule has 25 heavy (non-hydrogen) atoms. The highest BCUT2D eigenvalue weighted by Crippen LogP contribution is 2.35. The minimum absolute atomic E-state index is 0.187. The molecule has 0 amide bonds. The topological polar surface area (TPSA) is 82.7 Å². The number of carbonyl (C=O) groups is 1. The van der Waals surface area contributed by atoms with Crippen LogP contribution in [0.15, 0.2) is 43.3 Å². The van der Waals surface area contributed by atoms with Gasteiger partial charge in [-0.3, -0.25) is 18.7 Å². The molecule has 1 unspecified atom stereocenters. The number of hydrogen-bond donors (Lipinski definition) is 0. The Morgan fingerprint density at radius 1 is 1.24 bits per heavy atom. The summed E-state index contributed by atoms with van der Waals surface area (Å²) in [6, 6.07) is 7.45. The predicted octanol–water partition coefficient (Wildman–Crippen LogP) is 1.63. The van der Waals surface area contributed by atoms with E-state index in [1.807, 2.05) is 24.3 Å². The van der Waals surface area contributed by atoms with Gasteiger partial charge in [0.2, 0.25) is 0 Å². The molecular weight excluding hydrogens is 390 g/mol. The fourth-order valence-corrected chi connectivity index (χ4v) is 3.49. The van der Waals surface area contributed by atoms with Gasteiger partial charge >= 0.3 is 11.7 Å². The lowest BCUT2D eigenvalue weighted by molar-refractivity contribution is -0.142. The number of rotatable bonds is 2. The minimum atomic E-state index is -0.815. The highest BCUT2D eigenvalue weighted by Gasteiger charge is 2.35. The Kier molecular flexibility index (Phi) is 4.47. The fraction of sp³-hybridized carbons (Fsp3) is 0.294. The Bertz CT molecular complexity index is 1020. The third-order valence-corrected chi connectivity index (χ3v) is 5.02. The molecule has 8 heteroatoms. The van der Waals surface area contributed by atoms with Crippen molar-refractivity contribution in [1.29, 1.82) is 0 Å². The van der Waals surface area contributed by atoms with Crippen LogP contribution in [-0.2, 0) is 23.6 Å². The molecule has 2 aromatic rings. The molecule has 1 aliphatic rings. The summed E-state index contributed by atoms with van der Waals surface area (Å²) in [5.41, 5.74) is 0.578. The van der Waals surface area contributed by atoms with Crippen molar-refractivity contribution in [1.82, 2.24) is 9.13 Å². The molecule has 2 heterocycles. The van der Waals surface area contributed by atoms with Crippen LogP contribution in [0.3, 0.4) is 0 Å². The molecule has 7 nitrogen and oxygen atoms in total. The lowest BCUT2D eigenvalue weighted by atomic mass is 9.89. The zero-order chi connectivity index (χ0) is 18.3. The molecule has 1 aliphatic heterocycles. The van der Waals surface area contributed by atoms with Crippen molar-refractivity contribution >= 4 is 33.4 Å². The van der Waals surface area contributed by atoms with Crippen LogP contribution in [0, 0.1) is 0 Å². The first-order chi connectivity index (χ1) is 11.9. The molecule has 1 aromatic carbocycles. The van der Waals surface area contributed by atoms with Gasteiger partial charge in [-0.05, 0) is 6.07 Å². The number of aromatic nitrogens is 2. The zero-order valence-corrected chi connectivity index (χ0v) is 15.5. The first-order valence-electron chi connectivity index (χ1n) is 7.57. The molecular formula is C17H16BrN3O4. The lowest BCUT2D eigenvalue weighted by Gasteiger charge is -2.24. The van der Waals surface area contributed by atoms with Gasteiger partial charge in [0.15, 0.2) is 0 Å². The van der Waals surface area contributed by atoms with Crippen molar-refractivity contribution in [2.24, 2.45) is 19.1 Å². The van der Waals surface area contributed by atoms with Crippen molar-refractivity contribution in [3.05, 3.63) is 60.7 Å². The van der Waals surface area contributed by atoms with E-state index in [4.69, 9.17) is 4.74 Å². The molecule has 0 N–H and O–H groups in total. The van der Waals surface area contributed by atoms with Gasteiger partial charge in [-0.15, -0.1) is 0 Å². The van der Waals surface area contributed by atoms with Gasteiger partial charge in [-0.25, -0.2) is 9.79 Å². The van der Waals surface area contributed by atoms with Crippen LogP contribution in [0.4, 0.5) is 5.82 Å². The summed E-state index contributed by atoms with van der Waals surface area (Å²) >= 11 is 3.47. The first kappa shape index (κ1) is 17.3. The minimum Gasteiger partial charge on any atom is -0.469 e. The normalized spacial score (nSPS) is 16.2. The number of nitrogens with zero attached hydrogens (tertiary/aromatic N) is 3. The first-order valence-corrected chi connectivity index (χ1v) is 8.36. The van der Waals surface area contributed by atoms with E-state index in [-0.39, 0.29) is 17.8 Å². The van der Waals surface area contributed by atoms with Crippen molar-refractivity contribution in [3.8, 4) is 0 Å². The number of carbonyl (C=O) groups excluding carboxylic acids is 1. The summed E-state index contributed by atoms with van der Waals surface area (Å²) in [5.74, 6) is -1.15. The number of ether oxygens (including phenoxy) is 1. The van der Waals surface area contributed by atoms with Gasteiger partial charge in [0, 0.05) is 30.6 Å². The second-order valence-electron chi connectivity index (χ2n) is 5.76. The SMILES string of the molecule is COC(=O)C1CC(c2ccccc2Br)=Nc2c1c(=O)n(C)c(=O)n2C. The maximum atomic E-state index is 12.6. The Balaban J connectivity index is 2.34. The standard InChI is InChI=1S/C17H16BrN3O4/c1-20-14-13(15(22)21(2)17(20)24)10(16(23)25-3)8-12(19-14)9-6-4-5-7-11(9)18/h4-7,10H,8H2,1-3H3. The van der Waals surface area contributed by atoms with Crippen molar-refractivity contribution in [2.45, 2.75) is 12.3 Å². The van der Waals surface area contributed by atoms with Crippen molar-refractivity contribution in [2.75, 3.05) is 7.11 Å². The summed E-state index contributed by atoms with van der Waals surface area (Å²) in [6.07, 6.45) is 0.218. The van der Waals surface area contributed by atoms with Crippen LogP contribution in [0.2, 0.25) is 0 Å². The molecule has 0 saturated carbocycles. The molecule has 1 atom stereocenters. The van der Waals surface area contributed by atoms with E-state index in [9.17, 15) is 14.4 Å².